The molecule has 0 radical (unpaired) electrons. The molecule has 8 heteroatoms. The molecule has 2 atom stereocenters. The second kappa shape index (κ2) is 9.60. The summed E-state index contributed by atoms with van der Waals surface area (Å²) >= 11 is 1.42. The van der Waals surface area contributed by atoms with E-state index in [1.165, 1.54) is 11.3 Å². The van der Waals surface area contributed by atoms with Gasteiger partial charge in [-0.15, -0.1) is 23.7 Å². The predicted molar refractivity (Wildman–Crippen MR) is 103 cm³/mol. The van der Waals surface area contributed by atoms with Crippen molar-refractivity contribution in [3.63, 3.8) is 0 Å². The van der Waals surface area contributed by atoms with E-state index in [0.717, 1.165) is 5.56 Å². The van der Waals surface area contributed by atoms with E-state index in [4.69, 9.17) is 15.2 Å². The van der Waals surface area contributed by atoms with Gasteiger partial charge < -0.3 is 15.2 Å². The van der Waals surface area contributed by atoms with Gasteiger partial charge in [0.1, 0.15) is 11.5 Å². The van der Waals surface area contributed by atoms with Crippen LogP contribution in [0, 0.1) is 5.92 Å². The van der Waals surface area contributed by atoms with Crippen LogP contribution in [0.15, 0.2) is 29.8 Å². The molecule has 1 aromatic carbocycles. The lowest BCUT2D eigenvalue weighted by Gasteiger charge is -2.26. The van der Waals surface area contributed by atoms with Crippen LogP contribution in [-0.4, -0.2) is 31.2 Å². The first-order valence-corrected chi connectivity index (χ1v) is 8.53. The van der Waals surface area contributed by atoms with Crippen LogP contribution >= 0.6 is 23.7 Å². The van der Waals surface area contributed by atoms with E-state index in [1.54, 1.807) is 31.4 Å². The molecule has 0 spiro atoms. The molecule has 0 aliphatic rings. The summed E-state index contributed by atoms with van der Waals surface area (Å²) in [5, 5.41) is 2.49. The highest BCUT2D eigenvalue weighted by molar-refractivity contribution is 7.13. The van der Waals surface area contributed by atoms with Crippen molar-refractivity contribution in [2.75, 3.05) is 19.1 Å². The van der Waals surface area contributed by atoms with E-state index in [0.29, 0.717) is 23.2 Å². The molecule has 0 saturated heterocycles. The fraction of sp³-hybridized carbons (Fsp3) is 0.412. The Kier molecular flexibility index (Phi) is 8.15. The van der Waals surface area contributed by atoms with Crippen molar-refractivity contribution < 1.29 is 14.3 Å². The summed E-state index contributed by atoms with van der Waals surface area (Å²) in [7, 11) is 3.20. The fourth-order valence-corrected chi connectivity index (χ4v) is 2.86. The highest BCUT2D eigenvalue weighted by Gasteiger charge is 2.27. The van der Waals surface area contributed by atoms with Gasteiger partial charge in [0, 0.05) is 29.2 Å². The van der Waals surface area contributed by atoms with E-state index in [2.05, 4.69) is 4.98 Å². The Balaban J connectivity index is 0.00000312. The van der Waals surface area contributed by atoms with Gasteiger partial charge in [0.15, 0.2) is 5.13 Å². The fourth-order valence-electron chi connectivity index (χ4n) is 2.21. The van der Waals surface area contributed by atoms with Crippen LogP contribution in [0.1, 0.15) is 19.4 Å². The number of aromatic nitrogens is 1. The number of rotatable bonds is 7. The van der Waals surface area contributed by atoms with Gasteiger partial charge in [-0.2, -0.15) is 0 Å². The highest BCUT2D eigenvalue weighted by Crippen LogP contribution is 2.29. The van der Waals surface area contributed by atoms with E-state index >= 15 is 0 Å². The molecule has 138 valence electrons. The second-order valence-corrected chi connectivity index (χ2v) is 6.44. The molecule has 2 N–H and O–H groups in total. The maximum Gasteiger partial charge on any atom is 0.233 e. The number of thiazole rings is 1. The third-order valence-electron chi connectivity index (χ3n) is 3.92. The molecule has 0 aliphatic heterocycles. The van der Waals surface area contributed by atoms with Gasteiger partial charge in [0.25, 0.3) is 0 Å². The molecule has 1 amide bonds. The summed E-state index contributed by atoms with van der Waals surface area (Å²) in [6.07, 6.45) is 1.68. The van der Waals surface area contributed by atoms with Crippen LogP contribution < -0.4 is 20.1 Å². The zero-order valence-electron chi connectivity index (χ0n) is 14.8. The predicted octanol–water partition coefficient (Wildman–Crippen LogP) is 3.10. The first-order chi connectivity index (χ1) is 11.5. The standard InChI is InChI=1S/C17H23N3O3S.ClH/c1-11(12(2)18)16(21)20(17-19-7-8-24-17)10-13-5-6-14(22-3)9-15(13)23-4;/h5-9,11-12H,10,18H2,1-4H3;1H. The molecule has 25 heavy (non-hydrogen) atoms. The van der Waals surface area contributed by atoms with Crippen molar-refractivity contribution in [1.82, 2.24) is 4.98 Å². The Bertz CT molecular complexity index is 680. The number of ether oxygens (including phenoxy) is 2. The van der Waals surface area contributed by atoms with Crippen LogP contribution in [0.4, 0.5) is 5.13 Å². The Morgan fingerprint density at radius 2 is 2.04 bits per heavy atom. The molecule has 0 bridgehead atoms. The molecule has 0 saturated carbocycles. The number of carbonyl (C=O) groups excluding carboxylic acids is 1. The van der Waals surface area contributed by atoms with Crippen molar-refractivity contribution in [3.05, 3.63) is 35.3 Å². The Morgan fingerprint density at radius 1 is 1.32 bits per heavy atom. The topological polar surface area (TPSA) is 77.7 Å². The molecule has 0 fully saturated rings. The van der Waals surface area contributed by atoms with Gasteiger partial charge in [-0.1, -0.05) is 6.92 Å². The lowest BCUT2D eigenvalue weighted by molar-refractivity contribution is -0.122. The summed E-state index contributed by atoms with van der Waals surface area (Å²) in [4.78, 5) is 18.8. The van der Waals surface area contributed by atoms with E-state index < -0.39 is 0 Å². The van der Waals surface area contributed by atoms with Gasteiger partial charge in [-0.05, 0) is 19.1 Å². The molecule has 6 nitrogen and oxygen atoms in total. The van der Waals surface area contributed by atoms with Crippen LogP contribution in [0.3, 0.4) is 0 Å². The number of hydrogen-bond donors (Lipinski definition) is 1. The number of halogens is 1. The number of carbonyl (C=O) groups is 1. The lowest BCUT2D eigenvalue weighted by atomic mass is 10.0. The van der Waals surface area contributed by atoms with Crippen molar-refractivity contribution in [3.8, 4) is 11.5 Å². The minimum atomic E-state index is -0.307. The van der Waals surface area contributed by atoms with Crippen molar-refractivity contribution in [1.29, 1.82) is 0 Å². The first-order valence-electron chi connectivity index (χ1n) is 7.65. The quantitative estimate of drug-likeness (QED) is 0.792. The second-order valence-electron chi connectivity index (χ2n) is 5.56. The third-order valence-corrected chi connectivity index (χ3v) is 4.71. The van der Waals surface area contributed by atoms with Crippen LogP contribution in [0.5, 0.6) is 11.5 Å². The SMILES string of the molecule is COc1ccc(CN(C(=O)C(C)C(C)N)c2nccs2)c(OC)c1.Cl. The minimum absolute atomic E-state index is 0. The largest absolute Gasteiger partial charge is 0.497 e. The number of nitrogens with two attached hydrogens (primary N) is 1. The van der Waals surface area contributed by atoms with Gasteiger partial charge in [0.05, 0.1) is 26.7 Å². The molecular weight excluding hydrogens is 362 g/mol. The number of anilines is 1. The maximum absolute atomic E-state index is 12.9. The van der Waals surface area contributed by atoms with Gasteiger partial charge in [0.2, 0.25) is 5.91 Å². The summed E-state index contributed by atoms with van der Waals surface area (Å²) in [6.45, 7) is 4.02. The Hall–Kier alpha value is -1.83. The summed E-state index contributed by atoms with van der Waals surface area (Å²) in [5.41, 5.74) is 6.78. The van der Waals surface area contributed by atoms with Crippen molar-refractivity contribution in [2.45, 2.75) is 26.4 Å². The van der Waals surface area contributed by atoms with E-state index in [1.807, 2.05) is 31.4 Å². The zero-order valence-corrected chi connectivity index (χ0v) is 16.4. The summed E-state index contributed by atoms with van der Waals surface area (Å²) in [5.74, 6) is 1.000. The lowest BCUT2D eigenvalue weighted by Crippen LogP contribution is -2.41. The number of hydrogen-bond acceptors (Lipinski definition) is 6. The molecule has 2 unspecified atom stereocenters. The number of methoxy groups -OCH3 is 2. The van der Waals surface area contributed by atoms with Crippen LogP contribution in [0.25, 0.3) is 0 Å². The molecule has 1 heterocycles. The molecule has 0 aliphatic carbocycles. The van der Waals surface area contributed by atoms with Crippen LogP contribution in [-0.2, 0) is 11.3 Å². The third kappa shape index (κ3) is 5.07. The van der Waals surface area contributed by atoms with E-state index in [9.17, 15) is 4.79 Å². The normalized spacial score (nSPS) is 12.7. The van der Waals surface area contributed by atoms with Crippen molar-refractivity contribution >= 4 is 34.8 Å². The molecule has 1 aromatic heterocycles. The molecule has 2 aromatic rings. The number of nitrogens with zero attached hydrogens (tertiary/aromatic N) is 2. The van der Waals surface area contributed by atoms with Crippen LogP contribution in [0.2, 0.25) is 0 Å². The molecule has 2 rings (SSSR count). The summed E-state index contributed by atoms with van der Waals surface area (Å²) < 4.78 is 10.7. The Labute approximate surface area is 158 Å². The average molecular weight is 386 g/mol. The van der Waals surface area contributed by atoms with Gasteiger partial charge in [-0.3, -0.25) is 9.69 Å². The number of amides is 1. The monoisotopic (exact) mass is 385 g/mol. The molecular formula is C17H24ClN3O3S. The first kappa shape index (κ1) is 21.2. The summed E-state index contributed by atoms with van der Waals surface area (Å²) in [6, 6.07) is 5.30. The highest BCUT2D eigenvalue weighted by atomic mass is 35.5. The van der Waals surface area contributed by atoms with Crippen molar-refractivity contribution in [2.24, 2.45) is 11.7 Å². The maximum atomic E-state index is 12.9. The zero-order chi connectivity index (χ0) is 17.7. The average Bonchev–Trinajstić information content (AvgIpc) is 3.12. The van der Waals surface area contributed by atoms with E-state index in [-0.39, 0.29) is 30.3 Å². The number of benzene rings is 1. The minimum Gasteiger partial charge on any atom is -0.497 e. The van der Waals surface area contributed by atoms with Gasteiger partial charge in [-0.25, -0.2) is 4.98 Å². The smallest absolute Gasteiger partial charge is 0.233 e. The Morgan fingerprint density at radius 3 is 2.56 bits per heavy atom. The van der Waals surface area contributed by atoms with Gasteiger partial charge >= 0.3 is 0 Å².